The molecule has 31 heavy (non-hydrogen) atoms. The number of aliphatic hydroxyl groups is 1. The Morgan fingerprint density at radius 1 is 1.23 bits per heavy atom. The van der Waals surface area contributed by atoms with E-state index >= 15 is 0 Å². The molecular formula is C26H38N4O. The Hall–Kier alpha value is -1.72. The molecule has 0 aliphatic heterocycles. The first-order valence-electron chi connectivity index (χ1n) is 12.3. The summed E-state index contributed by atoms with van der Waals surface area (Å²) in [5, 5.41) is 15.3. The van der Waals surface area contributed by atoms with Crippen LogP contribution in [0.3, 0.4) is 0 Å². The standard InChI is InChI=1S/C26H38N4O/c1-16-7-8-20-21(13-27)22(10-17(2)25(16)20)26(3)12-18-14-29-30(23(18)11-19(26)15-31)24-6-4-5-9-28-24/h4-6,9,14,16-17,19-22,25,31H,7-8,10-13,15,27H2,1-3H3/t16-,17+,19+,20+,21-,22-,25+,26-/m0/s1. The number of pyridine rings is 1. The largest absolute Gasteiger partial charge is 0.396 e. The number of aromatic nitrogens is 3. The first kappa shape index (κ1) is 21.1. The van der Waals surface area contributed by atoms with Gasteiger partial charge < -0.3 is 10.8 Å². The van der Waals surface area contributed by atoms with Crippen molar-refractivity contribution in [3.8, 4) is 5.82 Å². The lowest BCUT2D eigenvalue weighted by Gasteiger charge is -2.55. The lowest BCUT2D eigenvalue weighted by Crippen LogP contribution is -2.53. The van der Waals surface area contributed by atoms with Gasteiger partial charge in [-0.3, -0.25) is 0 Å². The molecule has 168 valence electrons. The van der Waals surface area contributed by atoms with Gasteiger partial charge in [-0.15, -0.1) is 0 Å². The molecule has 0 bridgehead atoms. The van der Waals surface area contributed by atoms with Gasteiger partial charge in [0.2, 0.25) is 0 Å². The maximum atomic E-state index is 10.6. The van der Waals surface area contributed by atoms with E-state index in [9.17, 15) is 5.11 Å². The number of fused-ring (bicyclic) bond motifs is 2. The molecule has 2 aromatic heterocycles. The molecular weight excluding hydrogens is 384 g/mol. The molecule has 2 saturated carbocycles. The van der Waals surface area contributed by atoms with Crippen molar-refractivity contribution in [3.63, 3.8) is 0 Å². The van der Waals surface area contributed by atoms with Crippen molar-refractivity contribution in [2.24, 2.45) is 52.6 Å². The van der Waals surface area contributed by atoms with E-state index in [0.717, 1.165) is 48.9 Å². The minimum absolute atomic E-state index is 0.0504. The second-order valence-electron chi connectivity index (χ2n) is 11.0. The third-order valence-electron chi connectivity index (χ3n) is 9.56. The van der Waals surface area contributed by atoms with E-state index in [1.54, 1.807) is 0 Å². The Morgan fingerprint density at radius 2 is 2.06 bits per heavy atom. The first-order valence-corrected chi connectivity index (χ1v) is 12.3. The van der Waals surface area contributed by atoms with Crippen LogP contribution in [-0.4, -0.2) is 33.0 Å². The van der Waals surface area contributed by atoms with Crippen LogP contribution in [0.25, 0.3) is 5.82 Å². The fourth-order valence-corrected chi connectivity index (χ4v) is 8.05. The number of rotatable bonds is 4. The van der Waals surface area contributed by atoms with Gasteiger partial charge in [0.25, 0.3) is 0 Å². The predicted octanol–water partition coefficient (Wildman–Crippen LogP) is 3.87. The minimum atomic E-state index is 0.0504. The van der Waals surface area contributed by atoms with Crippen LogP contribution in [0.4, 0.5) is 0 Å². The highest BCUT2D eigenvalue weighted by Crippen LogP contribution is 2.59. The topological polar surface area (TPSA) is 77.0 Å². The van der Waals surface area contributed by atoms with Crippen molar-refractivity contribution in [1.82, 2.24) is 14.8 Å². The summed E-state index contributed by atoms with van der Waals surface area (Å²) in [7, 11) is 0. The number of hydrogen-bond acceptors (Lipinski definition) is 4. The van der Waals surface area contributed by atoms with E-state index in [2.05, 4.69) is 25.8 Å². The number of nitrogens with zero attached hydrogens (tertiary/aromatic N) is 3. The smallest absolute Gasteiger partial charge is 0.153 e. The molecule has 0 saturated heterocycles. The summed E-state index contributed by atoms with van der Waals surface area (Å²) in [6.07, 6.45) is 9.60. The molecule has 5 heteroatoms. The molecule has 2 aromatic rings. The highest BCUT2D eigenvalue weighted by Gasteiger charge is 2.55. The first-order chi connectivity index (χ1) is 15.0. The summed E-state index contributed by atoms with van der Waals surface area (Å²) < 4.78 is 1.98. The van der Waals surface area contributed by atoms with Gasteiger partial charge in [-0.25, -0.2) is 9.67 Å². The Labute approximate surface area is 186 Å². The van der Waals surface area contributed by atoms with E-state index in [1.807, 2.05) is 35.3 Å². The average Bonchev–Trinajstić information content (AvgIpc) is 3.37. The minimum Gasteiger partial charge on any atom is -0.396 e. The second kappa shape index (κ2) is 8.00. The van der Waals surface area contributed by atoms with Crippen molar-refractivity contribution in [2.45, 2.75) is 52.9 Å². The summed E-state index contributed by atoms with van der Waals surface area (Å²) in [6, 6.07) is 5.94. The highest BCUT2D eigenvalue weighted by molar-refractivity contribution is 5.33. The third-order valence-corrected chi connectivity index (χ3v) is 9.56. The second-order valence-corrected chi connectivity index (χ2v) is 11.0. The molecule has 8 atom stereocenters. The molecule has 3 N–H and O–H groups in total. The fourth-order valence-electron chi connectivity index (χ4n) is 8.05. The zero-order valence-corrected chi connectivity index (χ0v) is 19.2. The van der Waals surface area contributed by atoms with Gasteiger partial charge in [0.15, 0.2) is 5.82 Å². The van der Waals surface area contributed by atoms with Gasteiger partial charge in [-0.2, -0.15) is 5.10 Å². The maximum absolute atomic E-state index is 10.6. The molecule has 0 radical (unpaired) electrons. The van der Waals surface area contributed by atoms with Crippen LogP contribution in [-0.2, 0) is 12.8 Å². The number of hydrogen-bond donors (Lipinski definition) is 2. The van der Waals surface area contributed by atoms with Gasteiger partial charge >= 0.3 is 0 Å². The van der Waals surface area contributed by atoms with Crippen LogP contribution in [0.15, 0.2) is 30.6 Å². The summed E-state index contributed by atoms with van der Waals surface area (Å²) in [5.41, 5.74) is 9.07. The Balaban J connectivity index is 1.50. The van der Waals surface area contributed by atoms with Crippen molar-refractivity contribution >= 4 is 0 Å². The Bertz CT molecular complexity index is 911. The van der Waals surface area contributed by atoms with Crippen molar-refractivity contribution in [1.29, 1.82) is 0 Å². The van der Waals surface area contributed by atoms with Gasteiger partial charge in [0, 0.05) is 18.5 Å². The summed E-state index contributed by atoms with van der Waals surface area (Å²) in [5.74, 6) is 5.35. The van der Waals surface area contributed by atoms with Crippen LogP contribution >= 0.6 is 0 Å². The van der Waals surface area contributed by atoms with E-state index in [-0.39, 0.29) is 17.9 Å². The maximum Gasteiger partial charge on any atom is 0.153 e. The van der Waals surface area contributed by atoms with Crippen LogP contribution in [0, 0.1) is 46.8 Å². The molecule has 0 amide bonds. The zero-order valence-electron chi connectivity index (χ0n) is 19.2. The van der Waals surface area contributed by atoms with Gasteiger partial charge in [-0.05, 0) is 96.8 Å². The van der Waals surface area contributed by atoms with E-state index in [4.69, 9.17) is 10.8 Å². The molecule has 3 aliphatic rings. The molecule has 5 nitrogen and oxygen atoms in total. The van der Waals surface area contributed by atoms with Crippen LogP contribution < -0.4 is 5.73 Å². The third kappa shape index (κ3) is 3.27. The quantitative estimate of drug-likeness (QED) is 0.784. The summed E-state index contributed by atoms with van der Waals surface area (Å²) in [4.78, 5) is 4.51. The monoisotopic (exact) mass is 422 g/mol. The molecule has 2 fully saturated rings. The Kier molecular flexibility index (Phi) is 5.46. The Morgan fingerprint density at radius 3 is 2.77 bits per heavy atom. The van der Waals surface area contributed by atoms with Crippen LogP contribution in [0.2, 0.25) is 0 Å². The van der Waals surface area contributed by atoms with Gasteiger partial charge in [0.1, 0.15) is 0 Å². The number of aliphatic hydroxyl groups excluding tert-OH is 1. The normalized spacial score (nSPS) is 39.8. The fraction of sp³-hybridized carbons (Fsp3) is 0.692. The van der Waals surface area contributed by atoms with Crippen molar-refractivity contribution in [2.75, 3.05) is 13.2 Å². The van der Waals surface area contributed by atoms with Gasteiger partial charge in [-0.1, -0.05) is 33.3 Å². The van der Waals surface area contributed by atoms with Crippen molar-refractivity contribution < 1.29 is 5.11 Å². The summed E-state index contributed by atoms with van der Waals surface area (Å²) in [6.45, 7) is 8.36. The SMILES string of the molecule is C[C@@H]1C[C@H]([C@@]2(C)Cc3cnn(-c4ccccn4)c3C[C@@H]2CO)[C@@H](CN)[C@H]2CC[C@H](C)[C@@H]21. The van der Waals surface area contributed by atoms with E-state index < -0.39 is 0 Å². The molecule has 0 spiro atoms. The molecule has 5 rings (SSSR count). The van der Waals surface area contributed by atoms with Gasteiger partial charge in [0.05, 0.1) is 6.20 Å². The van der Waals surface area contributed by atoms with E-state index in [0.29, 0.717) is 11.8 Å². The number of nitrogens with two attached hydrogens (primary N) is 1. The molecule has 0 aromatic carbocycles. The predicted molar refractivity (Wildman–Crippen MR) is 123 cm³/mol. The van der Waals surface area contributed by atoms with Crippen molar-refractivity contribution in [3.05, 3.63) is 41.9 Å². The highest BCUT2D eigenvalue weighted by atomic mass is 16.3. The molecule has 0 unspecified atom stereocenters. The van der Waals surface area contributed by atoms with Crippen LogP contribution in [0.5, 0.6) is 0 Å². The summed E-state index contributed by atoms with van der Waals surface area (Å²) >= 11 is 0. The molecule has 3 aliphatic carbocycles. The average molecular weight is 423 g/mol. The van der Waals surface area contributed by atoms with Crippen LogP contribution in [0.1, 0.15) is 51.3 Å². The molecule has 2 heterocycles. The zero-order chi connectivity index (χ0) is 21.8. The lowest BCUT2D eigenvalue weighted by atomic mass is 9.50. The lowest BCUT2D eigenvalue weighted by molar-refractivity contribution is -0.0607. The van der Waals surface area contributed by atoms with E-state index in [1.165, 1.54) is 30.5 Å².